The molecule has 1 fully saturated rings. The van der Waals surface area contributed by atoms with E-state index in [1.807, 2.05) is 0 Å². The van der Waals surface area contributed by atoms with E-state index >= 15 is 0 Å². The number of aromatic nitrogens is 1. The van der Waals surface area contributed by atoms with Gasteiger partial charge in [-0.2, -0.15) is 4.57 Å². The van der Waals surface area contributed by atoms with E-state index in [1.165, 1.54) is 10.8 Å². The Labute approximate surface area is 138 Å². The molecule has 8 heteroatoms. The number of hydrogen-bond acceptors (Lipinski definition) is 5. The number of carbonyl (C=O) groups is 1. The van der Waals surface area contributed by atoms with Crippen LogP contribution in [0.3, 0.4) is 0 Å². The van der Waals surface area contributed by atoms with Crippen molar-refractivity contribution in [2.45, 2.75) is 24.5 Å². The van der Waals surface area contributed by atoms with Crippen LogP contribution in [0, 0.1) is 12.3 Å². The van der Waals surface area contributed by atoms with Crippen molar-refractivity contribution in [2.75, 3.05) is 13.2 Å². The van der Waals surface area contributed by atoms with Crippen molar-refractivity contribution in [1.82, 2.24) is 0 Å². The number of halogens is 1. The minimum absolute atomic E-state index is 0. The summed E-state index contributed by atoms with van der Waals surface area (Å²) in [7, 11) is 0. The van der Waals surface area contributed by atoms with Crippen LogP contribution in [-0.2, 0) is 9.47 Å². The molecule has 0 unspecified atom stereocenters. The molecule has 0 spiro atoms. The van der Waals surface area contributed by atoms with Gasteiger partial charge in [0.2, 0.25) is 0 Å². The van der Waals surface area contributed by atoms with Crippen molar-refractivity contribution in [3.05, 3.63) is 30.1 Å². The number of pyridine rings is 1. The Bertz CT molecular complexity index is 562. The summed E-state index contributed by atoms with van der Waals surface area (Å²) >= 11 is 0. The van der Waals surface area contributed by atoms with E-state index in [0.29, 0.717) is 0 Å². The van der Waals surface area contributed by atoms with E-state index in [4.69, 9.17) is 21.6 Å². The number of aliphatic hydroxyl groups is 2. The Morgan fingerprint density at radius 3 is 2.91 bits per heavy atom. The van der Waals surface area contributed by atoms with E-state index in [0.717, 1.165) is 0 Å². The maximum Gasteiger partial charge on any atom is 0.292 e. The highest BCUT2D eigenvalue weighted by atomic mass is 79.9. The number of nitrogens with two attached hydrogens (primary N) is 1. The molecule has 4 atom stereocenters. The molecule has 2 heterocycles. The molecule has 0 bridgehead atoms. The zero-order chi connectivity index (χ0) is 15.4. The van der Waals surface area contributed by atoms with Crippen molar-refractivity contribution >= 4 is 22.9 Å². The molecule has 1 aromatic rings. The van der Waals surface area contributed by atoms with Crippen LogP contribution in [0.5, 0.6) is 0 Å². The molecule has 4 N–H and O–H groups in total. The topological polar surface area (TPSA) is 106 Å². The number of rotatable bonds is 5. The summed E-state index contributed by atoms with van der Waals surface area (Å²) in [5.74, 6) is 1.71. The average molecular weight is 374 g/mol. The molecule has 0 saturated carbocycles. The van der Waals surface area contributed by atoms with Gasteiger partial charge in [0.15, 0.2) is 18.5 Å². The van der Waals surface area contributed by atoms with Gasteiger partial charge in [-0.25, -0.2) is 0 Å². The normalized spacial score (nSPS) is 27.0. The van der Waals surface area contributed by atoms with E-state index in [-0.39, 0.29) is 35.8 Å². The molecular weight excluding hydrogens is 356 g/mol. The molecule has 0 aromatic carbocycles. The molecule has 1 amide bonds. The van der Waals surface area contributed by atoms with Gasteiger partial charge in [-0.05, 0) is 6.07 Å². The number of amides is 1. The molecule has 22 heavy (non-hydrogen) atoms. The highest BCUT2D eigenvalue weighted by molar-refractivity contribution is 8.93. The first-order chi connectivity index (χ1) is 10.1. The van der Waals surface area contributed by atoms with Crippen LogP contribution < -0.4 is 10.3 Å². The third kappa shape index (κ3) is 3.82. The number of primary amides is 1. The van der Waals surface area contributed by atoms with Crippen molar-refractivity contribution in [3.63, 3.8) is 0 Å². The summed E-state index contributed by atoms with van der Waals surface area (Å²) in [6, 6.07) is 3.16. The minimum atomic E-state index is -1.04. The van der Waals surface area contributed by atoms with Crippen molar-refractivity contribution in [2.24, 2.45) is 5.73 Å². The number of terminal acetylenes is 1. The minimum Gasteiger partial charge on any atom is -0.394 e. The van der Waals surface area contributed by atoms with Gasteiger partial charge >= 0.3 is 0 Å². The van der Waals surface area contributed by atoms with Crippen molar-refractivity contribution in [3.8, 4) is 12.3 Å². The summed E-state index contributed by atoms with van der Waals surface area (Å²) in [5, 5.41) is 19.6. The predicted octanol–water partition coefficient (Wildman–Crippen LogP) is -1.08. The zero-order valence-electron chi connectivity index (χ0n) is 11.7. The Kier molecular flexibility index (Phi) is 6.93. The number of aliphatic hydroxyl groups excluding tert-OH is 2. The Balaban J connectivity index is 0.00000242. The van der Waals surface area contributed by atoms with Crippen LogP contribution in [0.25, 0.3) is 0 Å². The van der Waals surface area contributed by atoms with Crippen LogP contribution >= 0.6 is 17.0 Å². The highest BCUT2D eigenvalue weighted by Gasteiger charge is 2.49. The van der Waals surface area contributed by atoms with E-state index < -0.39 is 30.4 Å². The lowest BCUT2D eigenvalue weighted by Gasteiger charge is -2.16. The van der Waals surface area contributed by atoms with E-state index in [1.54, 1.807) is 18.3 Å². The molecule has 1 aliphatic heterocycles. The molecule has 1 aliphatic rings. The first kappa shape index (κ1) is 18.5. The molecule has 7 nitrogen and oxygen atoms in total. The Morgan fingerprint density at radius 1 is 1.59 bits per heavy atom. The lowest BCUT2D eigenvalue weighted by molar-refractivity contribution is -0.765. The molecule has 0 radical (unpaired) electrons. The predicted molar refractivity (Wildman–Crippen MR) is 81.1 cm³/mol. The zero-order valence-corrected chi connectivity index (χ0v) is 13.4. The van der Waals surface area contributed by atoms with Gasteiger partial charge in [0.05, 0.1) is 6.61 Å². The van der Waals surface area contributed by atoms with Gasteiger partial charge in [0.25, 0.3) is 12.1 Å². The van der Waals surface area contributed by atoms with Crippen LogP contribution in [0.1, 0.15) is 16.6 Å². The summed E-state index contributed by atoms with van der Waals surface area (Å²) in [6.07, 6.45) is 4.92. The fraction of sp³-hybridized carbons (Fsp3) is 0.429. The van der Waals surface area contributed by atoms with Gasteiger partial charge < -0.3 is 25.4 Å². The second kappa shape index (κ2) is 8.22. The van der Waals surface area contributed by atoms with Crippen molar-refractivity contribution < 1.29 is 29.0 Å². The standard InChI is InChI=1S/C14H16N2O5.BrH/c1-2-6-20-12-10(8-17)21-14(11(12)18)16-5-3-4-9(7-16)13(15)19;/h1,3-5,7,10-12,14,17-18H,6,8H2,(H-,15,19);1H/p+1/t10-,11-,12-,14-;/m1./s1. The number of carbonyl (C=O) groups excluding carboxylic acids is 1. The Morgan fingerprint density at radius 2 is 2.32 bits per heavy atom. The number of nitrogens with zero attached hydrogens (tertiary/aromatic N) is 1. The molecule has 1 saturated heterocycles. The summed E-state index contributed by atoms with van der Waals surface area (Å²) < 4.78 is 12.4. The molecular formula is C14H18BrN2O5+. The first-order valence-electron chi connectivity index (χ1n) is 6.38. The van der Waals surface area contributed by atoms with Gasteiger partial charge in [0, 0.05) is 6.07 Å². The lowest BCUT2D eigenvalue weighted by atomic mass is 10.1. The monoisotopic (exact) mass is 373 g/mol. The fourth-order valence-electron chi connectivity index (χ4n) is 2.26. The van der Waals surface area contributed by atoms with Crippen LogP contribution in [0.2, 0.25) is 0 Å². The second-order valence-electron chi connectivity index (χ2n) is 4.62. The number of ether oxygens (including phenoxy) is 2. The lowest BCUT2D eigenvalue weighted by Crippen LogP contribution is -2.46. The third-order valence-corrected chi connectivity index (χ3v) is 3.25. The van der Waals surface area contributed by atoms with Gasteiger partial charge in [-0.1, -0.05) is 5.92 Å². The van der Waals surface area contributed by atoms with E-state index in [9.17, 15) is 15.0 Å². The van der Waals surface area contributed by atoms with Gasteiger partial charge in [0.1, 0.15) is 24.4 Å². The molecule has 120 valence electrons. The summed E-state index contributed by atoms with van der Waals surface area (Å²) in [5.41, 5.74) is 5.50. The second-order valence-corrected chi connectivity index (χ2v) is 4.62. The molecule has 1 aromatic heterocycles. The fourth-order valence-corrected chi connectivity index (χ4v) is 2.26. The Hall–Kier alpha value is -1.50. The smallest absolute Gasteiger partial charge is 0.292 e. The summed E-state index contributed by atoms with van der Waals surface area (Å²) in [4.78, 5) is 11.2. The summed E-state index contributed by atoms with van der Waals surface area (Å²) in [6.45, 7) is -0.320. The highest BCUT2D eigenvalue weighted by Crippen LogP contribution is 2.27. The largest absolute Gasteiger partial charge is 0.394 e. The van der Waals surface area contributed by atoms with Crippen molar-refractivity contribution in [1.29, 1.82) is 0 Å². The number of hydrogen-bond donors (Lipinski definition) is 3. The van der Waals surface area contributed by atoms with Gasteiger partial charge in [-0.15, -0.1) is 23.4 Å². The first-order valence-corrected chi connectivity index (χ1v) is 6.38. The van der Waals surface area contributed by atoms with Gasteiger partial charge in [-0.3, -0.25) is 4.79 Å². The van der Waals surface area contributed by atoms with Crippen LogP contribution in [-0.4, -0.2) is 47.6 Å². The quantitative estimate of drug-likeness (QED) is 0.449. The maximum absolute atomic E-state index is 11.2. The maximum atomic E-state index is 11.2. The van der Waals surface area contributed by atoms with Crippen LogP contribution in [0.15, 0.2) is 24.5 Å². The molecule has 2 rings (SSSR count). The molecule has 0 aliphatic carbocycles. The van der Waals surface area contributed by atoms with E-state index in [2.05, 4.69) is 5.92 Å². The SMILES string of the molecule is Br.C#CCO[C@H]1[C@@H](O)[C@H]([n+]2cccc(C(N)=O)c2)O[C@@H]1CO. The third-order valence-electron chi connectivity index (χ3n) is 3.25. The average Bonchev–Trinajstić information content (AvgIpc) is 2.81. The van der Waals surface area contributed by atoms with Crippen LogP contribution in [0.4, 0.5) is 0 Å².